The van der Waals surface area contributed by atoms with Crippen molar-refractivity contribution in [2.24, 2.45) is 0 Å². The lowest BCUT2D eigenvalue weighted by Gasteiger charge is -2.32. The van der Waals surface area contributed by atoms with Gasteiger partial charge in [-0.1, -0.05) is 6.42 Å². The second-order valence-electron chi connectivity index (χ2n) is 4.75. The number of sulfonamides is 1. The highest BCUT2D eigenvalue weighted by molar-refractivity contribution is 7.89. The van der Waals surface area contributed by atoms with E-state index in [4.69, 9.17) is 11.5 Å². The number of rotatable bonds is 2. The number of anilines is 2. The zero-order valence-electron chi connectivity index (χ0n) is 10.5. The number of benzene rings is 1. The van der Waals surface area contributed by atoms with E-state index >= 15 is 0 Å². The van der Waals surface area contributed by atoms with E-state index in [2.05, 4.69) is 0 Å². The number of nitrogens with zero attached hydrogens (tertiary/aromatic N) is 1. The van der Waals surface area contributed by atoms with E-state index < -0.39 is 10.0 Å². The summed E-state index contributed by atoms with van der Waals surface area (Å²) in [5.41, 5.74) is 12.0. The smallest absolute Gasteiger partial charge is 0.243 e. The summed E-state index contributed by atoms with van der Waals surface area (Å²) < 4.78 is 26.5. The maximum atomic E-state index is 12.5. The SMILES string of the molecule is C[C@@H]1CCCCN1S(=O)(=O)c1ccc(N)c(N)c1. The van der Waals surface area contributed by atoms with Crippen molar-refractivity contribution < 1.29 is 8.42 Å². The minimum Gasteiger partial charge on any atom is -0.397 e. The molecule has 0 bridgehead atoms. The second kappa shape index (κ2) is 4.78. The topological polar surface area (TPSA) is 89.4 Å². The van der Waals surface area contributed by atoms with Gasteiger partial charge in [-0.05, 0) is 38.0 Å². The van der Waals surface area contributed by atoms with E-state index in [0.29, 0.717) is 17.9 Å². The van der Waals surface area contributed by atoms with Crippen LogP contribution in [0.3, 0.4) is 0 Å². The predicted octanol–water partition coefficient (Wildman–Crippen LogP) is 1.41. The standard InChI is InChI=1S/C12H19N3O2S/c1-9-4-2-3-7-15(9)18(16,17)10-5-6-11(13)12(14)8-10/h5-6,8-9H,2-4,7,13-14H2,1H3/t9-/m1/s1. The molecule has 1 aromatic carbocycles. The number of nitrogen functional groups attached to an aromatic ring is 2. The minimum atomic E-state index is -3.45. The molecule has 2 rings (SSSR count). The predicted molar refractivity (Wildman–Crippen MR) is 72.5 cm³/mol. The van der Waals surface area contributed by atoms with Crippen LogP contribution < -0.4 is 11.5 Å². The number of piperidine rings is 1. The van der Waals surface area contributed by atoms with Crippen molar-refractivity contribution in [1.82, 2.24) is 4.31 Å². The van der Waals surface area contributed by atoms with Crippen LogP contribution >= 0.6 is 0 Å². The average molecular weight is 269 g/mol. The monoisotopic (exact) mass is 269 g/mol. The van der Waals surface area contributed by atoms with Gasteiger partial charge in [-0.25, -0.2) is 8.42 Å². The third-order valence-electron chi connectivity index (χ3n) is 3.41. The van der Waals surface area contributed by atoms with Crippen LogP contribution in [0.2, 0.25) is 0 Å². The molecule has 1 fully saturated rings. The van der Waals surface area contributed by atoms with Crippen LogP contribution in [0.25, 0.3) is 0 Å². The molecule has 0 aliphatic carbocycles. The molecule has 0 unspecified atom stereocenters. The molecule has 0 saturated carbocycles. The number of hydrogen-bond donors (Lipinski definition) is 2. The Kier molecular flexibility index (Phi) is 3.49. The highest BCUT2D eigenvalue weighted by atomic mass is 32.2. The third kappa shape index (κ3) is 2.30. The maximum absolute atomic E-state index is 12.5. The molecule has 1 aromatic rings. The van der Waals surface area contributed by atoms with E-state index in [9.17, 15) is 8.42 Å². The zero-order chi connectivity index (χ0) is 13.3. The molecule has 1 aliphatic heterocycles. The molecule has 0 radical (unpaired) electrons. The molecule has 5 nitrogen and oxygen atoms in total. The lowest BCUT2D eigenvalue weighted by Crippen LogP contribution is -2.41. The normalized spacial score (nSPS) is 21.9. The second-order valence-corrected chi connectivity index (χ2v) is 6.64. The number of hydrogen-bond acceptors (Lipinski definition) is 4. The van der Waals surface area contributed by atoms with Crippen molar-refractivity contribution in [3.63, 3.8) is 0 Å². The Bertz CT molecular complexity index is 542. The summed E-state index contributed by atoms with van der Waals surface area (Å²) >= 11 is 0. The summed E-state index contributed by atoms with van der Waals surface area (Å²) in [4.78, 5) is 0.225. The van der Waals surface area contributed by atoms with Crippen LogP contribution in [0.5, 0.6) is 0 Å². The van der Waals surface area contributed by atoms with Crippen LogP contribution in [0.1, 0.15) is 26.2 Å². The fourth-order valence-electron chi connectivity index (χ4n) is 2.28. The van der Waals surface area contributed by atoms with Gasteiger partial charge in [-0.2, -0.15) is 4.31 Å². The Labute approximate surface area is 108 Å². The first-order chi connectivity index (χ1) is 8.43. The van der Waals surface area contributed by atoms with E-state index in [-0.39, 0.29) is 10.9 Å². The molecule has 1 atom stereocenters. The van der Waals surface area contributed by atoms with Crippen LogP contribution in [0, 0.1) is 0 Å². The molecule has 1 heterocycles. The van der Waals surface area contributed by atoms with Crippen LogP contribution in [0.15, 0.2) is 23.1 Å². The highest BCUT2D eigenvalue weighted by Crippen LogP contribution is 2.27. The van der Waals surface area contributed by atoms with Gasteiger partial charge in [0.05, 0.1) is 16.3 Å². The first-order valence-corrected chi connectivity index (χ1v) is 7.54. The molecule has 0 spiro atoms. The fourth-order valence-corrected chi connectivity index (χ4v) is 4.01. The summed E-state index contributed by atoms with van der Waals surface area (Å²) in [5, 5.41) is 0. The van der Waals surface area contributed by atoms with Gasteiger partial charge in [0.25, 0.3) is 0 Å². The van der Waals surface area contributed by atoms with Gasteiger partial charge in [-0.3, -0.25) is 0 Å². The van der Waals surface area contributed by atoms with Crippen molar-refractivity contribution in [1.29, 1.82) is 0 Å². The Balaban J connectivity index is 2.37. The van der Waals surface area contributed by atoms with E-state index in [1.165, 1.54) is 18.2 Å². The van der Waals surface area contributed by atoms with Crippen LogP contribution in [-0.2, 0) is 10.0 Å². The largest absolute Gasteiger partial charge is 0.397 e. The summed E-state index contributed by atoms with van der Waals surface area (Å²) in [7, 11) is -3.45. The van der Waals surface area contributed by atoms with E-state index in [1.54, 1.807) is 4.31 Å². The molecule has 0 amide bonds. The van der Waals surface area contributed by atoms with Gasteiger partial charge < -0.3 is 11.5 Å². The quantitative estimate of drug-likeness (QED) is 0.794. The summed E-state index contributed by atoms with van der Waals surface area (Å²) in [5.74, 6) is 0. The van der Waals surface area contributed by atoms with Crippen molar-refractivity contribution in [3.05, 3.63) is 18.2 Å². The van der Waals surface area contributed by atoms with E-state index in [1.807, 2.05) is 6.92 Å². The van der Waals surface area contributed by atoms with Crippen molar-refractivity contribution in [2.45, 2.75) is 37.1 Å². The molecule has 4 N–H and O–H groups in total. The van der Waals surface area contributed by atoms with E-state index in [0.717, 1.165) is 19.3 Å². The van der Waals surface area contributed by atoms with Gasteiger partial charge in [0.1, 0.15) is 0 Å². The van der Waals surface area contributed by atoms with Gasteiger partial charge in [0.15, 0.2) is 0 Å². The van der Waals surface area contributed by atoms with Gasteiger partial charge in [0, 0.05) is 12.6 Å². The third-order valence-corrected chi connectivity index (χ3v) is 5.42. The molecule has 18 heavy (non-hydrogen) atoms. The highest BCUT2D eigenvalue weighted by Gasteiger charge is 2.31. The lowest BCUT2D eigenvalue weighted by molar-refractivity contribution is 0.268. The fraction of sp³-hybridized carbons (Fsp3) is 0.500. The zero-order valence-corrected chi connectivity index (χ0v) is 11.3. The Morgan fingerprint density at radius 1 is 1.22 bits per heavy atom. The Hall–Kier alpha value is -1.27. The van der Waals surface area contributed by atoms with Gasteiger partial charge >= 0.3 is 0 Å². The lowest BCUT2D eigenvalue weighted by atomic mass is 10.1. The number of nitrogens with two attached hydrogens (primary N) is 2. The molecule has 1 saturated heterocycles. The van der Waals surface area contributed by atoms with Crippen molar-refractivity contribution in [2.75, 3.05) is 18.0 Å². The Morgan fingerprint density at radius 2 is 1.94 bits per heavy atom. The first-order valence-electron chi connectivity index (χ1n) is 6.10. The summed E-state index contributed by atoms with van der Waals surface area (Å²) in [6, 6.07) is 4.54. The molecule has 6 heteroatoms. The molecule has 0 aromatic heterocycles. The molecular formula is C12H19N3O2S. The van der Waals surface area contributed by atoms with Crippen LogP contribution in [-0.4, -0.2) is 25.3 Å². The first kappa shape index (κ1) is 13.2. The Morgan fingerprint density at radius 3 is 2.56 bits per heavy atom. The summed E-state index contributed by atoms with van der Waals surface area (Å²) in [6.45, 7) is 2.52. The van der Waals surface area contributed by atoms with Gasteiger partial charge in [0.2, 0.25) is 10.0 Å². The maximum Gasteiger partial charge on any atom is 0.243 e. The van der Waals surface area contributed by atoms with Crippen molar-refractivity contribution >= 4 is 21.4 Å². The van der Waals surface area contributed by atoms with Gasteiger partial charge in [-0.15, -0.1) is 0 Å². The minimum absolute atomic E-state index is 0.0440. The summed E-state index contributed by atoms with van der Waals surface area (Å²) in [6.07, 6.45) is 2.90. The molecule has 100 valence electrons. The average Bonchev–Trinajstić information content (AvgIpc) is 2.33. The molecule has 1 aliphatic rings. The molecular weight excluding hydrogens is 250 g/mol. The van der Waals surface area contributed by atoms with Crippen molar-refractivity contribution in [3.8, 4) is 0 Å². The van der Waals surface area contributed by atoms with Crippen LogP contribution in [0.4, 0.5) is 11.4 Å².